The van der Waals surface area contributed by atoms with E-state index in [1.807, 2.05) is 0 Å². The number of ether oxygens (including phenoxy) is 5. The molecule has 0 N–H and O–H groups in total. The summed E-state index contributed by atoms with van der Waals surface area (Å²) in [4.78, 5) is 26.3. The van der Waals surface area contributed by atoms with Crippen LogP contribution in [0.15, 0.2) is 0 Å². The summed E-state index contributed by atoms with van der Waals surface area (Å²) in [5, 5.41) is 0. The van der Waals surface area contributed by atoms with Gasteiger partial charge in [-0.1, -0.05) is 40.5 Å². The molecule has 0 heterocycles. The highest BCUT2D eigenvalue weighted by molar-refractivity contribution is 5.69. The molecule has 8 nitrogen and oxygen atoms in total. The molecule has 0 bridgehead atoms. The maximum absolute atomic E-state index is 12.3. The molecule has 0 aliphatic rings. The van der Waals surface area contributed by atoms with Gasteiger partial charge in [0.05, 0.1) is 32.8 Å². The summed E-state index contributed by atoms with van der Waals surface area (Å²) < 4.78 is 27.1. The third-order valence-electron chi connectivity index (χ3n) is 5.86. The Labute approximate surface area is 244 Å². The van der Waals surface area contributed by atoms with Gasteiger partial charge in [-0.15, -0.1) is 23.7 Å². The monoisotopic (exact) mass is 564 g/mol. The Morgan fingerprint density at radius 3 is 1.82 bits per heavy atom. The number of hydrogen-bond acceptors (Lipinski definition) is 8. The zero-order valence-corrected chi connectivity index (χ0v) is 25.6. The van der Waals surface area contributed by atoms with Crippen LogP contribution in [0.3, 0.4) is 0 Å². The predicted octanol–water partition coefficient (Wildman–Crippen LogP) is 6.17. The minimum Gasteiger partial charge on any atom is -0.465 e. The van der Waals surface area contributed by atoms with Crippen LogP contribution >= 0.6 is 0 Å². The van der Waals surface area contributed by atoms with E-state index in [0.717, 1.165) is 64.6 Å². The van der Waals surface area contributed by atoms with Gasteiger partial charge in [0.25, 0.3) is 0 Å². The van der Waals surface area contributed by atoms with Crippen molar-refractivity contribution in [1.82, 2.24) is 4.90 Å². The Kier molecular flexibility index (Phi) is 26.7. The molecule has 0 rings (SSSR count). The smallest absolute Gasteiger partial charge is 0.465 e. The second kappa shape index (κ2) is 28.3. The number of carbonyl (C=O) groups excluding carboxylic acids is 2. The molecule has 0 aliphatic heterocycles. The van der Waals surface area contributed by atoms with E-state index in [1.54, 1.807) is 0 Å². The van der Waals surface area contributed by atoms with Gasteiger partial charge in [0.15, 0.2) is 6.29 Å². The van der Waals surface area contributed by atoms with Crippen LogP contribution in [0.5, 0.6) is 0 Å². The Bertz CT molecular complexity index is 714. The first kappa shape index (κ1) is 37.7. The zero-order chi connectivity index (χ0) is 29.7. The van der Waals surface area contributed by atoms with Crippen LogP contribution in [0.2, 0.25) is 0 Å². The number of nitrogens with zero attached hydrogens (tertiary/aromatic N) is 1. The molecule has 0 amide bonds. The highest BCUT2D eigenvalue weighted by atomic mass is 16.7. The molecule has 0 spiro atoms. The Morgan fingerprint density at radius 2 is 1.27 bits per heavy atom. The largest absolute Gasteiger partial charge is 0.508 e. The van der Waals surface area contributed by atoms with E-state index < -0.39 is 18.4 Å². The maximum atomic E-state index is 12.3. The normalized spacial score (nSPS) is 11.4. The molecule has 0 saturated heterocycles. The zero-order valence-electron chi connectivity index (χ0n) is 25.6. The maximum Gasteiger partial charge on any atom is 0.508 e. The number of esters is 1. The quantitative estimate of drug-likeness (QED) is 0.0630. The molecule has 0 aromatic rings. The second-order valence-electron chi connectivity index (χ2n) is 9.46. The molecule has 40 heavy (non-hydrogen) atoms. The summed E-state index contributed by atoms with van der Waals surface area (Å²) in [5.41, 5.74) is 0. The molecule has 0 fully saturated rings. The summed E-state index contributed by atoms with van der Waals surface area (Å²) >= 11 is 0. The van der Waals surface area contributed by atoms with E-state index in [9.17, 15) is 9.59 Å². The van der Waals surface area contributed by atoms with Crippen LogP contribution in [0.1, 0.15) is 98.3 Å². The van der Waals surface area contributed by atoms with Crippen LogP contribution in [0.4, 0.5) is 4.79 Å². The fourth-order valence-electron chi connectivity index (χ4n) is 3.36. The Hall–Kier alpha value is -2.26. The van der Waals surface area contributed by atoms with Crippen LogP contribution < -0.4 is 0 Å². The van der Waals surface area contributed by atoms with Crippen molar-refractivity contribution < 1.29 is 33.3 Å². The third kappa shape index (κ3) is 24.8. The average Bonchev–Trinajstić information content (AvgIpc) is 2.96. The van der Waals surface area contributed by atoms with Crippen LogP contribution in [-0.2, 0) is 28.5 Å². The van der Waals surface area contributed by atoms with E-state index >= 15 is 0 Å². The van der Waals surface area contributed by atoms with Crippen LogP contribution in [0, 0.1) is 36.5 Å². The van der Waals surface area contributed by atoms with E-state index in [-0.39, 0.29) is 25.6 Å². The predicted molar refractivity (Wildman–Crippen MR) is 158 cm³/mol. The fourth-order valence-corrected chi connectivity index (χ4v) is 3.36. The molecule has 1 radical (unpaired) electrons. The summed E-state index contributed by atoms with van der Waals surface area (Å²) in [7, 11) is 0. The molecule has 0 aliphatic carbocycles. The highest BCUT2D eigenvalue weighted by Gasteiger charge is 2.15. The third-order valence-corrected chi connectivity index (χ3v) is 5.86. The number of carbonyl (C=O) groups is 2. The van der Waals surface area contributed by atoms with Crippen molar-refractivity contribution in [1.29, 1.82) is 0 Å². The molecule has 1 atom stereocenters. The van der Waals surface area contributed by atoms with Gasteiger partial charge in [0.2, 0.25) is 0 Å². The van der Waals surface area contributed by atoms with Gasteiger partial charge in [-0.25, -0.2) is 4.79 Å². The topological polar surface area (TPSA) is 83.5 Å². The van der Waals surface area contributed by atoms with E-state index in [0.29, 0.717) is 39.1 Å². The number of unbranched alkanes of at least 4 members (excludes halogenated alkanes) is 4. The second-order valence-corrected chi connectivity index (χ2v) is 9.46. The van der Waals surface area contributed by atoms with Crippen molar-refractivity contribution >= 4 is 12.1 Å². The van der Waals surface area contributed by atoms with Gasteiger partial charge < -0.3 is 28.6 Å². The van der Waals surface area contributed by atoms with Crippen LogP contribution in [0.25, 0.3) is 0 Å². The van der Waals surface area contributed by atoms with E-state index in [1.165, 1.54) is 0 Å². The summed E-state index contributed by atoms with van der Waals surface area (Å²) in [6.07, 6.45) is 7.47. The van der Waals surface area contributed by atoms with E-state index in [4.69, 9.17) is 23.7 Å². The SMILES string of the molecule is [CH2]C(COC(=O)CCC(OCCC#CCCCC)OCCC#CCCCC)COC(=O)OCCCN(CC)CC. The first-order valence-corrected chi connectivity index (χ1v) is 15.1. The summed E-state index contributed by atoms with van der Waals surface area (Å²) in [6, 6.07) is 0. The lowest BCUT2D eigenvalue weighted by atomic mass is 10.2. The first-order valence-electron chi connectivity index (χ1n) is 15.1. The minimum absolute atomic E-state index is 0.00951. The summed E-state index contributed by atoms with van der Waals surface area (Å²) in [6.45, 7) is 16.4. The van der Waals surface area contributed by atoms with Crippen molar-refractivity contribution in [3.8, 4) is 23.7 Å². The minimum atomic E-state index is -0.734. The lowest BCUT2D eigenvalue weighted by Gasteiger charge is -2.18. The van der Waals surface area contributed by atoms with Crippen LogP contribution in [-0.4, -0.2) is 76.0 Å². The lowest BCUT2D eigenvalue weighted by molar-refractivity contribution is -0.158. The highest BCUT2D eigenvalue weighted by Crippen LogP contribution is 2.09. The number of hydrogen-bond donors (Lipinski definition) is 0. The molecular weight excluding hydrogens is 510 g/mol. The molecule has 0 aromatic carbocycles. The van der Waals surface area contributed by atoms with Gasteiger partial charge in [-0.3, -0.25) is 4.79 Å². The van der Waals surface area contributed by atoms with Gasteiger partial charge >= 0.3 is 12.1 Å². The Morgan fingerprint density at radius 1 is 0.725 bits per heavy atom. The molecule has 1 unspecified atom stereocenters. The molecule has 0 aromatic heterocycles. The van der Waals surface area contributed by atoms with Crippen molar-refractivity contribution in [3.63, 3.8) is 0 Å². The van der Waals surface area contributed by atoms with E-state index in [2.05, 4.69) is 63.2 Å². The van der Waals surface area contributed by atoms with Gasteiger partial charge in [0.1, 0.15) is 6.61 Å². The van der Waals surface area contributed by atoms with Gasteiger partial charge in [0, 0.05) is 44.6 Å². The molecular formula is C32H54NO7. The summed E-state index contributed by atoms with van der Waals surface area (Å²) in [5.74, 6) is 11.7. The molecule has 0 saturated carbocycles. The van der Waals surface area contributed by atoms with Crippen molar-refractivity contribution in [2.75, 3.05) is 52.7 Å². The van der Waals surface area contributed by atoms with Gasteiger partial charge in [-0.05, 0) is 39.3 Å². The Balaban J connectivity index is 4.29. The standard InChI is InChI=1S/C32H54NO7/c1-6-10-12-14-16-18-24-36-31(37-25-19-17-15-13-11-7-2)22-21-30(34)39-27-29(5)28-40-32(35)38-26-20-23-33(8-3)9-4/h29,31H,5-13,18-28H2,1-4H3. The van der Waals surface area contributed by atoms with Crippen molar-refractivity contribution in [3.05, 3.63) is 6.92 Å². The van der Waals surface area contributed by atoms with Crippen molar-refractivity contribution in [2.45, 2.75) is 105 Å². The fraction of sp³-hybridized carbons (Fsp3) is 0.781. The number of rotatable bonds is 23. The first-order chi connectivity index (χ1) is 19.5. The average molecular weight is 565 g/mol. The van der Waals surface area contributed by atoms with Crippen molar-refractivity contribution in [2.24, 2.45) is 5.92 Å². The molecule has 8 heteroatoms. The molecule has 229 valence electrons. The van der Waals surface area contributed by atoms with Gasteiger partial charge in [-0.2, -0.15) is 0 Å². The lowest BCUT2D eigenvalue weighted by Crippen LogP contribution is -2.25.